The van der Waals surface area contributed by atoms with Crippen LogP contribution in [0.2, 0.25) is 5.02 Å². The average molecular weight is 358 g/mol. The van der Waals surface area contributed by atoms with Gasteiger partial charge in [0.2, 0.25) is 0 Å². The molecule has 0 bridgehead atoms. The van der Waals surface area contributed by atoms with Gasteiger partial charge in [0.1, 0.15) is 5.52 Å². The molecule has 0 unspecified atom stereocenters. The first-order valence-corrected chi connectivity index (χ1v) is 8.97. The minimum atomic E-state index is 0.662. The van der Waals surface area contributed by atoms with Gasteiger partial charge < -0.3 is 4.57 Å². The average Bonchev–Trinajstić information content (AvgIpc) is 2.94. The third-order valence-electron chi connectivity index (χ3n) is 4.79. The van der Waals surface area contributed by atoms with Gasteiger partial charge in [-0.25, -0.2) is 9.97 Å². The number of aromatic nitrogens is 3. The summed E-state index contributed by atoms with van der Waals surface area (Å²) in [4.78, 5) is 9.84. The van der Waals surface area contributed by atoms with Gasteiger partial charge in [0.25, 0.3) is 0 Å². The number of halogens is 1. The van der Waals surface area contributed by atoms with Crippen LogP contribution in [0.3, 0.4) is 0 Å². The number of para-hydroxylation sites is 2. The first-order chi connectivity index (χ1) is 12.7. The molecule has 2 heterocycles. The van der Waals surface area contributed by atoms with Crippen molar-refractivity contribution in [2.75, 3.05) is 0 Å². The summed E-state index contributed by atoms with van der Waals surface area (Å²) in [6.45, 7) is 2.76. The number of benzene rings is 3. The highest BCUT2D eigenvalue weighted by molar-refractivity contribution is 6.31. The van der Waals surface area contributed by atoms with Crippen molar-refractivity contribution in [1.82, 2.24) is 14.5 Å². The van der Waals surface area contributed by atoms with Gasteiger partial charge in [-0.2, -0.15) is 0 Å². The normalized spacial score (nSPS) is 11.6. The predicted molar refractivity (Wildman–Crippen MR) is 108 cm³/mol. The summed E-state index contributed by atoms with van der Waals surface area (Å²) >= 11 is 6.41. The molecule has 0 aliphatic carbocycles. The molecule has 126 valence electrons. The van der Waals surface area contributed by atoms with Crippen LogP contribution in [-0.4, -0.2) is 14.5 Å². The van der Waals surface area contributed by atoms with E-state index in [2.05, 4.69) is 35.8 Å². The summed E-state index contributed by atoms with van der Waals surface area (Å²) in [6, 6.07) is 22.4. The molecule has 0 radical (unpaired) electrons. The third-order valence-corrected chi connectivity index (χ3v) is 5.16. The lowest BCUT2D eigenvalue weighted by atomic mass is 10.1. The van der Waals surface area contributed by atoms with Crippen LogP contribution >= 0.6 is 11.6 Å². The summed E-state index contributed by atoms with van der Waals surface area (Å²) in [5.74, 6) is 0. The van der Waals surface area contributed by atoms with E-state index in [-0.39, 0.29) is 0 Å². The highest BCUT2D eigenvalue weighted by atomic mass is 35.5. The van der Waals surface area contributed by atoms with E-state index < -0.39 is 0 Å². The molecule has 0 saturated heterocycles. The monoisotopic (exact) mass is 357 g/mol. The van der Waals surface area contributed by atoms with Crippen LogP contribution in [0.5, 0.6) is 0 Å². The molecule has 0 aliphatic rings. The Morgan fingerprint density at radius 3 is 2.42 bits per heavy atom. The zero-order valence-corrected chi connectivity index (χ0v) is 15.0. The molecule has 0 saturated carbocycles. The van der Waals surface area contributed by atoms with Gasteiger partial charge in [-0.3, -0.25) is 0 Å². The molecule has 2 aromatic heterocycles. The number of fused-ring (bicyclic) bond motifs is 4. The summed E-state index contributed by atoms with van der Waals surface area (Å²) in [5, 5.41) is 1.90. The number of rotatable bonds is 2. The number of aryl methyl sites for hydroxylation is 1. The Hall–Kier alpha value is -2.91. The van der Waals surface area contributed by atoms with Crippen molar-refractivity contribution in [2.24, 2.45) is 0 Å². The lowest BCUT2D eigenvalue weighted by molar-refractivity contribution is 0.857. The molecular weight excluding hydrogens is 342 g/mol. The molecule has 0 amide bonds. The van der Waals surface area contributed by atoms with Gasteiger partial charge in [-0.05, 0) is 42.8 Å². The second kappa shape index (κ2) is 5.82. The molecule has 26 heavy (non-hydrogen) atoms. The zero-order valence-electron chi connectivity index (χ0n) is 14.3. The molecular formula is C22H16ClN3. The molecule has 0 N–H and O–H groups in total. The van der Waals surface area contributed by atoms with Crippen molar-refractivity contribution in [3.05, 3.63) is 82.9 Å². The smallest absolute Gasteiger partial charge is 0.160 e. The Morgan fingerprint density at radius 1 is 0.885 bits per heavy atom. The molecule has 0 fully saturated rings. The van der Waals surface area contributed by atoms with E-state index in [9.17, 15) is 0 Å². The SMILES string of the molecule is Cc1ccc2c(c1)c1nc3ccccc3nc1n2Cc1ccccc1Cl. The lowest BCUT2D eigenvalue weighted by Crippen LogP contribution is -2.01. The Bertz CT molecular complexity index is 1290. The maximum absolute atomic E-state index is 6.41. The fourth-order valence-electron chi connectivity index (χ4n) is 3.51. The van der Waals surface area contributed by atoms with Gasteiger partial charge in [0, 0.05) is 10.4 Å². The Labute approximate surface area is 155 Å². The van der Waals surface area contributed by atoms with Gasteiger partial charge in [0.15, 0.2) is 5.65 Å². The fraction of sp³-hybridized carbons (Fsp3) is 0.0909. The Balaban J connectivity index is 1.87. The molecule has 4 heteroatoms. The van der Waals surface area contributed by atoms with E-state index in [0.29, 0.717) is 6.54 Å². The molecule has 5 aromatic rings. The second-order valence-corrected chi connectivity index (χ2v) is 6.99. The molecule has 0 spiro atoms. The van der Waals surface area contributed by atoms with Crippen LogP contribution in [0.15, 0.2) is 66.7 Å². The van der Waals surface area contributed by atoms with Crippen LogP contribution in [0, 0.1) is 6.92 Å². The standard InChI is InChI=1S/C22H16ClN3/c1-14-10-11-20-16(12-14)21-22(25-19-9-5-4-8-18(19)24-21)26(20)13-15-6-2-3-7-17(15)23/h2-12H,13H2,1H3. The second-order valence-electron chi connectivity index (χ2n) is 6.58. The summed E-state index contributed by atoms with van der Waals surface area (Å²) < 4.78 is 2.21. The van der Waals surface area contributed by atoms with E-state index >= 15 is 0 Å². The van der Waals surface area contributed by atoms with Crippen molar-refractivity contribution in [2.45, 2.75) is 13.5 Å². The van der Waals surface area contributed by atoms with Gasteiger partial charge in [0.05, 0.1) is 23.1 Å². The van der Waals surface area contributed by atoms with Gasteiger partial charge in [-0.15, -0.1) is 0 Å². The minimum Gasteiger partial charge on any atom is -0.319 e. The molecule has 3 nitrogen and oxygen atoms in total. The predicted octanol–water partition coefficient (Wildman–Crippen LogP) is 5.75. The summed E-state index contributed by atoms with van der Waals surface area (Å²) in [5.41, 5.74) is 7.06. The first kappa shape index (κ1) is 15.4. The largest absolute Gasteiger partial charge is 0.319 e. The van der Waals surface area contributed by atoms with Crippen molar-refractivity contribution >= 4 is 44.7 Å². The summed E-state index contributed by atoms with van der Waals surface area (Å²) in [6.07, 6.45) is 0. The number of hydrogen-bond donors (Lipinski definition) is 0. The van der Waals surface area contributed by atoms with Crippen LogP contribution in [-0.2, 0) is 6.54 Å². The maximum Gasteiger partial charge on any atom is 0.160 e. The van der Waals surface area contributed by atoms with Crippen molar-refractivity contribution < 1.29 is 0 Å². The van der Waals surface area contributed by atoms with E-state index in [1.807, 2.05) is 42.5 Å². The van der Waals surface area contributed by atoms with Crippen molar-refractivity contribution in [3.63, 3.8) is 0 Å². The highest BCUT2D eigenvalue weighted by Crippen LogP contribution is 2.30. The number of hydrogen-bond acceptors (Lipinski definition) is 2. The van der Waals surface area contributed by atoms with Gasteiger partial charge >= 0.3 is 0 Å². The van der Waals surface area contributed by atoms with E-state index in [1.165, 1.54) is 5.56 Å². The fourth-order valence-corrected chi connectivity index (χ4v) is 3.70. The third kappa shape index (κ3) is 2.36. The summed E-state index contributed by atoms with van der Waals surface area (Å²) in [7, 11) is 0. The van der Waals surface area contributed by atoms with Crippen LogP contribution in [0.4, 0.5) is 0 Å². The quantitative estimate of drug-likeness (QED) is 0.403. The van der Waals surface area contributed by atoms with Crippen LogP contribution in [0.1, 0.15) is 11.1 Å². The topological polar surface area (TPSA) is 30.7 Å². The molecule has 0 atom stereocenters. The van der Waals surface area contributed by atoms with Crippen molar-refractivity contribution in [3.8, 4) is 0 Å². The van der Waals surface area contributed by atoms with Crippen LogP contribution < -0.4 is 0 Å². The Kier molecular flexibility index (Phi) is 3.44. The number of nitrogens with zero attached hydrogens (tertiary/aromatic N) is 3. The first-order valence-electron chi connectivity index (χ1n) is 8.59. The highest BCUT2D eigenvalue weighted by Gasteiger charge is 2.15. The molecule has 3 aromatic carbocycles. The van der Waals surface area contributed by atoms with E-state index in [4.69, 9.17) is 21.6 Å². The maximum atomic E-state index is 6.41. The molecule has 0 aliphatic heterocycles. The van der Waals surface area contributed by atoms with Crippen LogP contribution in [0.25, 0.3) is 33.1 Å². The van der Waals surface area contributed by atoms with E-state index in [1.54, 1.807) is 0 Å². The van der Waals surface area contributed by atoms with E-state index in [0.717, 1.165) is 43.7 Å². The Morgan fingerprint density at radius 2 is 1.62 bits per heavy atom. The minimum absolute atomic E-state index is 0.662. The zero-order chi connectivity index (χ0) is 17.7. The molecule has 5 rings (SSSR count). The van der Waals surface area contributed by atoms with Crippen molar-refractivity contribution in [1.29, 1.82) is 0 Å². The lowest BCUT2D eigenvalue weighted by Gasteiger charge is -2.09. The van der Waals surface area contributed by atoms with Gasteiger partial charge in [-0.1, -0.05) is 53.6 Å².